The minimum atomic E-state index is -0.372. The Kier molecular flexibility index (Phi) is 5.03. The van der Waals surface area contributed by atoms with Gasteiger partial charge >= 0.3 is 6.09 Å². The Bertz CT molecular complexity index is 453. The normalized spacial score (nSPS) is 17.9. The molecule has 0 aromatic carbocycles. The van der Waals surface area contributed by atoms with Crippen molar-refractivity contribution in [3.05, 3.63) is 18.2 Å². The first-order valence-corrected chi connectivity index (χ1v) is 7.03. The van der Waals surface area contributed by atoms with Gasteiger partial charge < -0.3 is 20.3 Å². The number of hydrogen-bond acceptors (Lipinski definition) is 5. The number of carbonyl (C=O) groups excluding carboxylic acids is 1. The van der Waals surface area contributed by atoms with Crippen LogP contribution in [0.25, 0.3) is 0 Å². The fourth-order valence-corrected chi connectivity index (χ4v) is 2.26. The van der Waals surface area contributed by atoms with Gasteiger partial charge in [-0.15, -0.1) is 0 Å². The van der Waals surface area contributed by atoms with Crippen LogP contribution in [0.15, 0.2) is 18.2 Å². The first-order chi connectivity index (χ1) is 9.72. The zero-order valence-electron chi connectivity index (χ0n) is 12.1. The van der Waals surface area contributed by atoms with E-state index >= 15 is 0 Å². The number of methoxy groups -OCH3 is 1. The molecule has 20 heavy (non-hydrogen) atoms. The first-order valence-electron chi connectivity index (χ1n) is 7.03. The Morgan fingerprint density at radius 2 is 2.40 bits per heavy atom. The number of nitrogens with zero attached hydrogens (tertiary/aromatic N) is 2. The van der Waals surface area contributed by atoms with Crippen LogP contribution in [-0.4, -0.2) is 43.9 Å². The fraction of sp³-hybridized carbons (Fsp3) is 0.571. The molecule has 6 heteroatoms. The van der Waals surface area contributed by atoms with Crippen LogP contribution < -0.4 is 15.5 Å². The number of pyridine rings is 1. The molecular weight excluding hydrogens is 256 g/mol. The molecule has 2 N–H and O–H groups in total. The number of alkyl carbamates (subject to hydrolysis) is 1. The van der Waals surface area contributed by atoms with E-state index in [1.165, 1.54) is 7.11 Å². The lowest BCUT2D eigenvalue weighted by molar-refractivity contribution is 0.167. The smallest absolute Gasteiger partial charge is 0.407 e. The predicted octanol–water partition coefficient (Wildman–Crippen LogP) is 1.84. The van der Waals surface area contributed by atoms with E-state index in [-0.39, 0.29) is 12.1 Å². The van der Waals surface area contributed by atoms with E-state index < -0.39 is 0 Å². The van der Waals surface area contributed by atoms with Crippen molar-refractivity contribution in [1.29, 1.82) is 0 Å². The zero-order valence-corrected chi connectivity index (χ0v) is 12.1. The second-order valence-corrected chi connectivity index (χ2v) is 4.88. The third-order valence-electron chi connectivity index (χ3n) is 3.31. The van der Waals surface area contributed by atoms with Crippen LogP contribution in [0.1, 0.15) is 19.8 Å². The van der Waals surface area contributed by atoms with Crippen LogP contribution in [0.3, 0.4) is 0 Å². The maximum atomic E-state index is 11.2. The molecule has 0 spiro atoms. The van der Waals surface area contributed by atoms with Gasteiger partial charge in [-0.3, -0.25) is 0 Å². The Balaban J connectivity index is 1.93. The van der Waals surface area contributed by atoms with Crippen molar-refractivity contribution in [2.75, 3.05) is 37.0 Å². The molecule has 1 aliphatic rings. The van der Waals surface area contributed by atoms with Crippen LogP contribution in [0.5, 0.6) is 0 Å². The van der Waals surface area contributed by atoms with Gasteiger partial charge in [-0.25, -0.2) is 9.78 Å². The molecule has 1 aromatic heterocycles. The van der Waals surface area contributed by atoms with Gasteiger partial charge in [0, 0.05) is 19.6 Å². The molecule has 1 amide bonds. The molecule has 1 atom stereocenters. The van der Waals surface area contributed by atoms with Crippen molar-refractivity contribution in [3.63, 3.8) is 0 Å². The number of hydrogen-bond donors (Lipinski definition) is 2. The zero-order chi connectivity index (χ0) is 14.4. The molecule has 0 aliphatic carbocycles. The lowest BCUT2D eigenvalue weighted by Gasteiger charge is -2.18. The molecule has 2 heterocycles. The molecule has 1 saturated heterocycles. The maximum Gasteiger partial charge on any atom is 0.407 e. The standard InChI is InChI=1S/C14H22N4O2/c1-3-8-15-12-5-4-6-13(17-12)18-9-7-11(10-18)16-14(19)20-2/h4-6,11H,3,7-10H2,1-2H3,(H,15,17)(H,16,19). The molecule has 1 aliphatic heterocycles. The summed E-state index contributed by atoms with van der Waals surface area (Å²) >= 11 is 0. The Labute approximate surface area is 119 Å². The molecule has 110 valence electrons. The SMILES string of the molecule is CCCNc1cccc(N2CCC(NC(=O)OC)C2)n1. The average molecular weight is 278 g/mol. The van der Waals surface area contributed by atoms with Crippen LogP contribution in [0.4, 0.5) is 16.4 Å². The minimum Gasteiger partial charge on any atom is -0.453 e. The number of ether oxygens (including phenoxy) is 1. The first kappa shape index (κ1) is 14.4. The van der Waals surface area contributed by atoms with Crippen molar-refractivity contribution < 1.29 is 9.53 Å². The Hall–Kier alpha value is -1.98. The maximum absolute atomic E-state index is 11.2. The van der Waals surface area contributed by atoms with Gasteiger partial charge in [0.05, 0.1) is 13.2 Å². The molecule has 0 radical (unpaired) electrons. The second-order valence-electron chi connectivity index (χ2n) is 4.88. The summed E-state index contributed by atoms with van der Waals surface area (Å²) in [5.74, 6) is 1.84. The summed E-state index contributed by atoms with van der Waals surface area (Å²) in [4.78, 5) is 18.0. The predicted molar refractivity (Wildman–Crippen MR) is 79.2 cm³/mol. The molecule has 6 nitrogen and oxygen atoms in total. The quantitative estimate of drug-likeness (QED) is 0.860. The minimum absolute atomic E-state index is 0.122. The van der Waals surface area contributed by atoms with Gasteiger partial charge in [-0.2, -0.15) is 0 Å². The monoisotopic (exact) mass is 278 g/mol. The summed E-state index contributed by atoms with van der Waals surface area (Å²) in [7, 11) is 1.38. The van der Waals surface area contributed by atoms with Crippen molar-refractivity contribution in [2.24, 2.45) is 0 Å². The van der Waals surface area contributed by atoms with E-state index in [9.17, 15) is 4.79 Å². The lowest BCUT2D eigenvalue weighted by Crippen LogP contribution is -2.37. The Morgan fingerprint density at radius 3 is 3.15 bits per heavy atom. The van der Waals surface area contributed by atoms with E-state index in [0.717, 1.165) is 44.1 Å². The fourth-order valence-electron chi connectivity index (χ4n) is 2.26. The van der Waals surface area contributed by atoms with E-state index in [1.54, 1.807) is 0 Å². The highest BCUT2D eigenvalue weighted by atomic mass is 16.5. The summed E-state index contributed by atoms with van der Waals surface area (Å²) in [5, 5.41) is 6.11. The molecule has 1 unspecified atom stereocenters. The van der Waals surface area contributed by atoms with Gasteiger partial charge in [0.15, 0.2) is 0 Å². The number of amides is 1. The summed E-state index contributed by atoms with van der Waals surface area (Å²) in [6.07, 6.45) is 1.60. The van der Waals surface area contributed by atoms with Crippen molar-refractivity contribution in [2.45, 2.75) is 25.8 Å². The molecule has 1 aromatic rings. The third-order valence-corrected chi connectivity index (χ3v) is 3.31. The van der Waals surface area contributed by atoms with Gasteiger partial charge in [0.25, 0.3) is 0 Å². The summed E-state index contributed by atoms with van der Waals surface area (Å²) in [6, 6.07) is 6.09. The highest BCUT2D eigenvalue weighted by molar-refractivity contribution is 5.67. The number of rotatable bonds is 5. The van der Waals surface area contributed by atoms with E-state index in [2.05, 4.69) is 32.2 Å². The molecule has 2 rings (SSSR count). The topological polar surface area (TPSA) is 66.5 Å². The second kappa shape index (κ2) is 6.98. The highest BCUT2D eigenvalue weighted by Crippen LogP contribution is 2.20. The van der Waals surface area contributed by atoms with E-state index in [1.807, 2.05) is 18.2 Å². The Morgan fingerprint density at radius 1 is 1.55 bits per heavy atom. The lowest BCUT2D eigenvalue weighted by atomic mass is 10.3. The number of carbonyl (C=O) groups is 1. The van der Waals surface area contributed by atoms with Crippen molar-refractivity contribution in [1.82, 2.24) is 10.3 Å². The van der Waals surface area contributed by atoms with Crippen LogP contribution >= 0.6 is 0 Å². The van der Waals surface area contributed by atoms with Gasteiger partial charge in [-0.05, 0) is 25.0 Å². The molecular formula is C14H22N4O2. The average Bonchev–Trinajstić information content (AvgIpc) is 2.93. The molecule has 0 bridgehead atoms. The van der Waals surface area contributed by atoms with Crippen molar-refractivity contribution >= 4 is 17.7 Å². The van der Waals surface area contributed by atoms with E-state index in [0.29, 0.717) is 0 Å². The number of aromatic nitrogens is 1. The molecule has 1 fully saturated rings. The summed E-state index contributed by atoms with van der Waals surface area (Å²) in [5.41, 5.74) is 0. The third kappa shape index (κ3) is 3.76. The van der Waals surface area contributed by atoms with Crippen LogP contribution in [0, 0.1) is 0 Å². The summed E-state index contributed by atoms with van der Waals surface area (Å²) < 4.78 is 4.62. The highest BCUT2D eigenvalue weighted by Gasteiger charge is 2.25. The summed E-state index contributed by atoms with van der Waals surface area (Å²) in [6.45, 7) is 4.70. The largest absolute Gasteiger partial charge is 0.453 e. The number of nitrogens with one attached hydrogen (secondary N) is 2. The van der Waals surface area contributed by atoms with Crippen LogP contribution in [0.2, 0.25) is 0 Å². The van der Waals surface area contributed by atoms with Gasteiger partial charge in [-0.1, -0.05) is 13.0 Å². The number of anilines is 2. The van der Waals surface area contributed by atoms with Crippen LogP contribution in [-0.2, 0) is 4.74 Å². The van der Waals surface area contributed by atoms with Gasteiger partial charge in [0.2, 0.25) is 0 Å². The van der Waals surface area contributed by atoms with E-state index in [4.69, 9.17) is 0 Å². The van der Waals surface area contributed by atoms with Crippen molar-refractivity contribution in [3.8, 4) is 0 Å². The molecule has 0 saturated carbocycles. The van der Waals surface area contributed by atoms with Gasteiger partial charge in [0.1, 0.15) is 11.6 Å².